The molecule has 3 rings (SSSR count). The first kappa shape index (κ1) is 14.8. The van der Waals surface area contributed by atoms with E-state index in [0.29, 0.717) is 11.5 Å². The van der Waals surface area contributed by atoms with Crippen molar-refractivity contribution in [3.63, 3.8) is 0 Å². The quantitative estimate of drug-likeness (QED) is 0.942. The first-order valence-corrected chi connectivity index (χ1v) is 7.65. The van der Waals surface area contributed by atoms with Gasteiger partial charge in [-0.3, -0.25) is 4.90 Å². The molecule has 5 heteroatoms. The van der Waals surface area contributed by atoms with Gasteiger partial charge in [-0.15, -0.1) is 0 Å². The molecule has 1 aromatic heterocycles. The number of benzene rings is 1. The third-order valence-electron chi connectivity index (χ3n) is 4.42. The molecular formula is C17H21N3O2. The zero-order valence-corrected chi connectivity index (χ0v) is 12.8. The van der Waals surface area contributed by atoms with Gasteiger partial charge in [-0.25, -0.2) is 9.78 Å². The Kier molecular flexibility index (Phi) is 4.24. The fourth-order valence-corrected chi connectivity index (χ4v) is 3.12. The molecule has 22 heavy (non-hydrogen) atoms. The molecule has 116 valence electrons. The Labute approximate surface area is 130 Å². The van der Waals surface area contributed by atoms with Crippen molar-refractivity contribution in [2.24, 2.45) is 7.05 Å². The Morgan fingerprint density at radius 3 is 2.77 bits per heavy atom. The first-order chi connectivity index (χ1) is 10.6. The summed E-state index contributed by atoms with van der Waals surface area (Å²) in [7, 11) is 2.02. The second-order valence-corrected chi connectivity index (χ2v) is 5.96. The highest BCUT2D eigenvalue weighted by molar-refractivity contribution is 5.87. The molecule has 1 aliphatic heterocycles. The molecule has 0 radical (unpaired) electrons. The second-order valence-electron chi connectivity index (χ2n) is 5.96. The number of carboxylic acid groups (broad SMARTS) is 1. The number of aromatic carboxylic acids is 1. The van der Waals surface area contributed by atoms with Crippen LogP contribution in [0.1, 0.15) is 40.5 Å². The predicted octanol–water partition coefficient (Wildman–Crippen LogP) is 2.50. The van der Waals surface area contributed by atoms with Crippen LogP contribution in [0, 0.1) is 0 Å². The predicted molar refractivity (Wildman–Crippen MR) is 83.9 cm³/mol. The highest BCUT2D eigenvalue weighted by Gasteiger charge is 2.22. The highest BCUT2D eigenvalue weighted by Crippen LogP contribution is 2.27. The number of rotatable bonds is 4. The fraction of sp³-hybridized carbons (Fsp3) is 0.412. The average Bonchev–Trinajstić information content (AvgIpc) is 2.93. The summed E-state index contributed by atoms with van der Waals surface area (Å²) in [4.78, 5) is 17.8. The summed E-state index contributed by atoms with van der Waals surface area (Å²) in [6.45, 7) is 2.96. The number of aryl methyl sites for hydroxylation is 1. The van der Waals surface area contributed by atoms with Crippen molar-refractivity contribution in [1.29, 1.82) is 0 Å². The zero-order chi connectivity index (χ0) is 15.5. The standard InChI is InChI=1S/C17H21N3O2/c1-19-10-8-18-16(19)12-20-9-2-3-15(11-20)13-4-6-14(7-5-13)17(21)22/h4-8,10,15H,2-3,9,11-12H2,1H3,(H,21,22)/t15-/m0/s1. The van der Waals surface area contributed by atoms with Gasteiger partial charge in [0.1, 0.15) is 5.82 Å². The molecule has 0 saturated carbocycles. The zero-order valence-electron chi connectivity index (χ0n) is 12.8. The lowest BCUT2D eigenvalue weighted by molar-refractivity contribution is 0.0697. The van der Waals surface area contributed by atoms with Crippen molar-refractivity contribution < 1.29 is 9.90 Å². The number of hydrogen-bond acceptors (Lipinski definition) is 3. The summed E-state index contributed by atoms with van der Waals surface area (Å²) >= 11 is 0. The minimum absolute atomic E-state index is 0.351. The number of hydrogen-bond donors (Lipinski definition) is 1. The van der Waals surface area contributed by atoms with Gasteiger partial charge in [-0.05, 0) is 43.0 Å². The second kappa shape index (κ2) is 6.32. The molecule has 1 aromatic carbocycles. The Morgan fingerprint density at radius 1 is 1.36 bits per heavy atom. The topological polar surface area (TPSA) is 58.4 Å². The fourth-order valence-electron chi connectivity index (χ4n) is 3.12. The van der Waals surface area contributed by atoms with Gasteiger partial charge in [0.25, 0.3) is 0 Å². The van der Waals surface area contributed by atoms with Crippen LogP contribution in [0.4, 0.5) is 0 Å². The Hall–Kier alpha value is -2.14. The van der Waals surface area contributed by atoms with Gasteiger partial charge in [-0.1, -0.05) is 12.1 Å². The molecule has 5 nitrogen and oxygen atoms in total. The molecule has 2 heterocycles. The molecular weight excluding hydrogens is 278 g/mol. The van der Waals surface area contributed by atoms with Crippen LogP contribution in [0.15, 0.2) is 36.7 Å². The molecule has 1 aliphatic rings. The third-order valence-corrected chi connectivity index (χ3v) is 4.42. The summed E-state index contributed by atoms with van der Waals surface area (Å²) in [6, 6.07) is 7.32. The average molecular weight is 299 g/mol. The molecule has 0 unspecified atom stereocenters. The van der Waals surface area contributed by atoms with E-state index in [-0.39, 0.29) is 0 Å². The summed E-state index contributed by atoms with van der Waals surface area (Å²) in [5, 5.41) is 8.98. The maximum atomic E-state index is 10.9. The van der Waals surface area contributed by atoms with Crippen molar-refractivity contribution in [2.75, 3.05) is 13.1 Å². The molecule has 0 bridgehead atoms. The van der Waals surface area contributed by atoms with E-state index in [4.69, 9.17) is 5.11 Å². The van der Waals surface area contributed by atoms with Gasteiger partial charge in [0.05, 0.1) is 12.1 Å². The molecule has 1 N–H and O–H groups in total. The van der Waals surface area contributed by atoms with Crippen molar-refractivity contribution >= 4 is 5.97 Å². The molecule has 1 fully saturated rings. The van der Waals surface area contributed by atoms with Crippen LogP contribution in [-0.2, 0) is 13.6 Å². The lowest BCUT2D eigenvalue weighted by Gasteiger charge is -2.32. The normalized spacial score (nSPS) is 19.2. The van der Waals surface area contributed by atoms with Crippen molar-refractivity contribution in [3.05, 3.63) is 53.6 Å². The van der Waals surface area contributed by atoms with Gasteiger partial charge in [0.2, 0.25) is 0 Å². The van der Waals surface area contributed by atoms with E-state index in [1.807, 2.05) is 31.6 Å². The maximum Gasteiger partial charge on any atom is 0.335 e. The molecule has 0 spiro atoms. The molecule has 0 amide bonds. The van der Waals surface area contributed by atoms with E-state index in [1.165, 1.54) is 5.56 Å². The molecule has 0 aliphatic carbocycles. The molecule has 1 atom stereocenters. The number of nitrogens with zero attached hydrogens (tertiary/aromatic N) is 3. The largest absolute Gasteiger partial charge is 0.478 e. The number of aromatic nitrogens is 2. The monoisotopic (exact) mass is 299 g/mol. The number of imidazole rings is 1. The van der Waals surface area contributed by atoms with Crippen LogP contribution in [0.5, 0.6) is 0 Å². The molecule has 2 aromatic rings. The Morgan fingerprint density at radius 2 is 2.14 bits per heavy atom. The minimum Gasteiger partial charge on any atom is -0.478 e. The van der Waals surface area contributed by atoms with Crippen molar-refractivity contribution in [2.45, 2.75) is 25.3 Å². The summed E-state index contributed by atoms with van der Waals surface area (Å²) in [5.41, 5.74) is 1.58. The smallest absolute Gasteiger partial charge is 0.335 e. The van der Waals surface area contributed by atoms with Crippen LogP contribution in [0.25, 0.3) is 0 Å². The SMILES string of the molecule is Cn1ccnc1CN1CCC[C@H](c2ccc(C(=O)O)cc2)C1. The maximum absolute atomic E-state index is 10.9. The minimum atomic E-state index is -0.869. The van der Waals surface area contributed by atoms with Crippen LogP contribution in [-0.4, -0.2) is 38.6 Å². The first-order valence-electron chi connectivity index (χ1n) is 7.65. The van der Waals surface area contributed by atoms with E-state index in [0.717, 1.165) is 38.3 Å². The number of carbonyl (C=O) groups is 1. The van der Waals surface area contributed by atoms with E-state index in [2.05, 4.69) is 14.5 Å². The summed E-state index contributed by atoms with van der Waals surface area (Å²) in [6.07, 6.45) is 6.13. The third kappa shape index (κ3) is 3.20. The summed E-state index contributed by atoms with van der Waals surface area (Å²) in [5.74, 6) is 0.686. The van der Waals surface area contributed by atoms with Gasteiger partial charge in [-0.2, -0.15) is 0 Å². The van der Waals surface area contributed by atoms with Crippen LogP contribution >= 0.6 is 0 Å². The number of carboxylic acids is 1. The van der Waals surface area contributed by atoms with E-state index in [9.17, 15) is 4.79 Å². The lowest BCUT2D eigenvalue weighted by atomic mass is 9.90. The van der Waals surface area contributed by atoms with E-state index < -0.39 is 5.97 Å². The highest BCUT2D eigenvalue weighted by atomic mass is 16.4. The van der Waals surface area contributed by atoms with E-state index >= 15 is 0 Å². The number of piperidine rings is 1. The Balaban J connectivity index is 1.67. The van der Waals surface area contributed by atoms with Crippen LogP contribution in [0.2, 0.25) is 0 Å². The van der Waals surface area contributed by atoms with Gasteiger partial charge in [0, 0.05) is 26.0 Å². The number of likely N-dealkylation sites (tertiary alicyclic amines) is 1. The van der Waals surface area contributed by atoms with Gasteiger partial charge >= 0.3 is 5.97 Å². The lowest BCUT2D eigenvalue weighted by Crippen LogP contribution is -2.34. The van der Waals surface area contributed by atoms with Crippen molar-refractivity contribution in [1.82, 2.24) is 14.5 Å². The summed E-state index contributed by atoms with van der Waals surface area (Å²) < 4.78 is 2.06. The van der Waals surface area contributed by atoms with Gasteiger partial charge in [0.15, 0.2) is 0 Å². The van der Waals surface area contributed by atoms with E-state index in [1.54, 1.807) is 12.1 Å². The van der Waals surface area contributed by atoms with Crippen LogP contribution < -0.4 is 0 Å². The molecule has 1 saturated heterocycles. The van der Waals surface area contributed by atoms with Crippen molar-refractivity contribution in [3.8, 4) is 0 Å². The Bertz CT molecular complexity index is 648. The van der Waals surface area contributed by atoms with Crippen LogP contribution in [0.3, 0.4) is 0 Å². The van der Waals surface area contributed by atoms with Gasteiger partial charge < -0.3 is 9.67 Å².